The van der Waals surface area contributed by atoms with Crippen LogP contribution in [0.3, 0.4) is 0 Å². The lowest BCUT2D eigenvalue weighted by molar-refractivity contribution is 0.153. The van der Waals surface area contributed by atoms with Gasteiger partial charge in [0.05, 0.1) is 27.4 Å². The molecule has 0 saturated heterocycles. The van der Waals surface area contributed by atoms with Gasteiger partial charge in [0, 0.05) is 20.1 Å². The zero-order chi connectivity index (χ0) is 17.2. The molecular formula is C18H27N3O3. The van der Waals surface area contributed by atoms with E-state index in [9.17, 15) is 0 Å². The highest BCUT2D eigenvalue weighted by Crippen LogP contribution is 2.27. The van der Waals surface area contributed by atoms with Gasteiger partial charge in [0.1, 0.15) is 0 Å². The van der Waals surface area contributed by atoms with Gasteiger partial charge in [-0.3, -0.25) is 4.99 Å². The molecule has 1 heterocycles. The van der Waals surface area contributed by atoms with Gasteiger partial charge in [0.25, 0.3) is 0 Å². The fraction of sp³-hybridized carbons (Fsp3) is 0.500. The van der Waals surface area contributed by atoms with Crippen LogP contribution in [0.4, 0.5) is 0 Å². The van der Waals surface area contributed by atoms with Crippen molar-refractivity contribution in [3.05, 3.63) is 35.4 Å². The van der Waals surface area contributed by atoms with Crippen molar-refractivity contribution in [1.29, 1.82) is 0 Å². The minimum absolute atomic E-state index is 0.663. The van der Waals surface area contributed by atoms with Gasteiger partial charge >= 0.3 is 0 Å². The molecule has 0 aliphatic carbocycles. The average Bonchev–Trinajstić information content (AvgIpc) is 2.65. The van der Waals surface area contributed by atoms with Crippen LogP contribution in [0.2, 0.25) is 0 Å². The molecule has 0 aromatic heterocycles. The van der Waals surface area contributed by atoms with E-state index in [2.05, 4.69) is 21.7 Å². The second-order valence-electron chi connectivity index (χ2n) is 5.48. The second-order valence-corrected chi connectivity index (χ2v) is 5.48. The smallest absolute Gasteiger partial charge is 0.191 e. The van der Waals surface area contributed by atoms with Crippen LogP contribution >= 0.6 is 0 Å². The monoisotopic (exact) mass is 333 g/mol. The Kier molecular flexibility index (Phi) is 7.42. The van der Waals surface area contributed by atoms with Crippen molar-refractivity contribution in [2.24, 2.45) is 4.99 Å². The first-order valence-corrected chi connectivity index (χ1v) is 8.18. The van der Waals surface area contributed by atoms with Crippen molar-refractivity contribution in [3.8, 4) is 11.5 Å². The van der Waals surface area contributed by atoms with Gasteiger partial charge in [-0.05, 0) is 30.5 Å². The SMILES string of the molecule is CN=C(NCCC1=CCOCC1)NCc1ccc(OC)c(OC)c1. The van der Waals surface area contributed by atoms with Gasteiger partial charge in [-0.15, -0.1) is 0 Å². The van der Waals surface area contributed by atoms with Crippen LogP contribution in [0.1, 0.15) is 18.4 Å². The molecule has 0 radical (unpaired) electrons. The van der Waals surface area contributed by atoms with Crippen LogP contribution in [0.25, 0.3) is 0 Å². The maximum atomic E-state index is 5.33. The molecule has 0 atom stereocenters. The first-order chi connectivity index (χ1) is 11.8. The Morgan fingerprint density at radius 3 is 2.71 bits per heavy atom. The van der Waals surface area contributed by atoms with Crippen molar-refractivity contribution < 1.29 is 14.2 Å². The Hall–Kier alpha value is -2.21. The molecule has 1 aromatic carbocycles. The van der Waals surface area contributed by atoms with Gasteiger partial charge < -0.3 is 24.8 Å². The van der Waals surface area contributed by atoms with E-state index < -0.39 is 0 Å². The summed E-state index contributed by atoms with van der Waals surface area (Å²) in [6, 6.07) is 5.88. The highest BCUT2D eigenvalue weighted by atomic mass is 16.5. The highest BCUT2D eigenvalue weighted by Gasteiger charge is 2.06. The fourth-order valence-corrected chi connectivity index (χ4v) is 2.53. The quantitative estimate of drug-likeness (QED) is 0.454. The molecule has 2 N–H and O–H groups in total. The number of methoxy groups -OCH3 is 2. The van der Waals surface area contributed by atoms with Crippen LogP contribution in [-0.4, -0.2) is 47.0 Å². The molecule has 0 spiro atoms. The number of ether oxygens (including phenoxy) is 3. The Morgan fingerprint density at radius 2 is 2.04 bits per heavy atom. The summed E-state index contributed by atoms with van der Waals surface area (Å²) in [7, 11) is 5.05. The Morgan fingerprint density at radius 1 is 1.21 bits per heavy atom. The van der Waals surface area contributed by atoms with E-state index in [1.165, 1.54) is 5.57 Å². The molecule has 24 heavy (non-hydrogen) atoms. The van der Waals surface area contributed by atoms with Gasteiger partial charge in [0.2, 0.25) is 0 Å². The predicted molar refractivity (Wildman–Crippen MR) is 95.9 cm³/mol. The van der Waals surface area contributed by atoms with Gasteiger partial charge in [-0.2, -0.15) is 0 Å². The second kappa shape index (κ2) is 9.82. The summed E-state index contributed by atoms with van der Waals surface area (Å²) < 4.78 is 15.9. The maximum Gasteiger partial charge on any atom is 0.191 e. The molecule has 1 aliphatic rings. The third-order valence-corrected chi connectivity index (χ3v) is 3.93. The van der Waals surface area contributed by atoms with E-state index in [0.717, 1.165) is 55.6 Å². The molecule has 0 saturated carbocycles. The first-order valence-electron chi connectivity index (χ1n) is 8.18. The third-order valence-electron chi connectivity index (χ3n) is 3.93. The lowest BCUT2D eigenvalue weighted by Crippen LogP contribution is -2.37. The van der Waals surface area contributed by atoms with E-state index in [1.807, 2.05) is 18.2 Å². The molecule has 2 rings (SSSR count). The van der Waals surface area contributed by atoms with E-state index in [0.29, 0.717) is 6.54 Å². The third kappa shape index (κ3) is 5.45. The van der Waals surface area contributed by atoms with Gasteiger partial charge in [-0.1, -0.05) is 17.7 Å². The van der Waals surface area contributed by atoms with Crippen molar-refractivity contribution >= 4 is 5.96 Å². The molecule has 6 nitrogen and oxygen atoms in total. The molecule has 0 bridgehead atoms. The predicted octanol–water partition coefficient (Wildman–Crippen LogP) is 2.11. The Labute approximate surface area is 143 Å². The van der Waals surface area contributed by atoms with Crippen molar-refractivity contribution in [3.63, 3.8) is 0 Å². The summed E-state index contributed by atoms with van der Waals surface area (Å²) in [5.41, 5.74) is 2.55. The number of nitrogens with one attached hydrogen (secondary N) is 2. The lowest BCUT2D eigenvalue weighted by Gasteiger charge is -2.16. The number of hydrogen-bond donors (Lipinski definition) is 2. The molecular weight excluding hydrogens is 306 g/mol. The van der Waals surface area contributed by atoms with Crippen LogP contribution in [0, 0.1) is 0 Å². The summed E-state index contributed by atoms with van der Waals surface area (Å²) >= 11 is 0. The minimum atomic E-state index is 0.663. The van der Waals surface area contributed by atoms with Crippen LogP contribution < -0.4 is 20.1 Å². The fourth-order valence-electron chi connectivity index (χ4n) is 2.53. The summed E-state index contributed by atoms with van der Waals surface area (Å²) in [5.74, 6) is 2.25. The molecule has 1 aromatic rings. The number of nitrogens with zero attached hydrogens (tertiary/aromatic N) is 1. The minimum Gasteiger partial charge on any atom is -0.493 e. The Balaban J connectivity index is 1.79. The van der Waals surface area contributed by atoms with E-state index in [-0.39, 0.29) is 0 Å². The summed E-state index contributed by atoms with van der Waals surface area (Å²) in [6.45, 7) is 3.09. The highest BCUT2D eigenvalue weighted by molar-refractivity contribution is 5.79. The molecule has 0 unspecified atom stereocenters. The summed E-state index contributed by atoms with van der Waals surface area (Å²) in [4.78, 5) is 4.26. The largest absolute Gasteiger partial charge is 0.493 e. The number of hydrogen-bond acceptors (Lipinski definition) is 4. The zero-order valence-electron chi connectivity index (χ0n) is 14.7. The van der Waals surface area contributed by atoms with Gasteiger partial charge in [-0.25, -0.2) is 0 Å². The molecule has 1 aliphatic heterocycles. The van der Waals surface area contributed by atoms with Gasteiger partial charge in [0.15, 0.2) is 17.5 Å². The summed E-state index contributed by atoms with van der Waals surface area (Å²) in [5, 5.41) is 6.65. The van der Waals surface area contributed by atoms with E-state index in [1.54, 1.807) is 21.3 Å². The number of benzene rings is 1. The standard InChI is InChI=1S/C18H27N3O3/c1-19-18(20-9-6-14-7-10-24-11-8-14)21-13-15-4-5-16(22-2)17(12-15)23-3/h4-5,7,12H,6,8-11,13H2,1-3H3,(H2,19,20,21). The Bertz CT molecular complexity index is 585. The van der Waals surface area contributed by atoms with E-state index in [4.69, 9.17) is 14.2 Å². The maximum absolute atomic E-state index is 5.33. The zero-order valence-corrected chi connectivity index (χ0v) is 14.7. The molecule has 132 valence electrons. The van der Waals surface area contributed by atoms with Crippen LogP contribution in [-0.2, 0) is 11.3 Å². The number of rotatable bonds is 7. The average molecular weight is 333 g/mol. The molecule has 6 heteroatoms. The molecule has 0 amide bonds. The van der Waals surface area contributed by atoms with Crippen molar-refractivity contribution in [2.45, 2.75) is 19.4 Å². The van der Waals surface area contributed by atoms with Crippen LogP contribution in [0.5, 0.6) is 11.5 Å². The van der Waals surface area contributed by atoms with Crippen molar-refractivity contribution in [1.82, 2.24) is 10.6 Å². The lowest BCUT2D eigenvalue weighted by atomic mass is 10.1. The number of guanidine groups is 1. The molecule has 0 fully saturated rings. The first kappa shape index (κ1) is 18.1. The van der Waals surface area contributed by atoms with E-state index >= 15 is 0 Å². The van der Waals surface area contributed by atoms with Crippen LogP contribution in [0.15, 0.2) is 34.8 Å². The normalized spacial score (nSPS) is 14.8. The topological polar surface area (TPSA) is 64.1 Å². The summed E-state index contributed by atoms with van der Waals surface area (Å²) in [6.07, 6.45) is 4.21. The van der Waals surface area contributed by atoms with Crippen molar-refractivity contribution in [2.75, 3.05) is 41.0 Å². The number of aliphatic imine (C=N–C) groups is 1.